The number of hydrogen-bond donors (Lipinski definition) is 1. The fourth-order valence-electron chi connectivity index (χ4n) is 3.27. The summed E-state index contributed by atoms with van der Waals surface area (Å²) in [5.74, 6) is 0.180. The van der Waals surface area contributed by atoms with E-state index in [0.717, 1.165) is 38.4 Å². The second-order valence-corrected chi connectivity index (χ2v) is 7.56. The van der Waals surface area contributed by atoms with Crippen molar-refractivity contribution in [2.24, 2.45) is 0 Å². The molecule has 2 aromatic rings. The second-order valence-electron chi connectivity index (χ2n) is 6.69. The van der Waals surface area contributed by atoms with Crippen LogP contribution in [0.2, 0.25) is 0 Å². The lowest BCUT2D eigenvalue weighted by Gasteiger charge is -2.36. The molecule has 0 aromatic heterocycles. The van der Waals surface area contributed by atoms with E-state index in [4.69, 9.17) is 0 Å². The molecule has 0 unspecified atom stereocenters. The Kier molecular flexibility index (Phi) is 6.58. The van der Waals surface area contributed by atoms with Gasteiger partial charge >= 0.3 is 0 Å². The zero-order valence-electron chi connectivity index (χ0n) is 15.5. The summed E-state index contributed by atoms with van der Waals surface area (Å²) in [4.78, 5) is 18.4. The average Bonchev–Trinajstić information content (AvgIpc) is 2.69. The van der Waals surface area contributed by atoms with Gasteiger partial charge in [0.2, 0.25) is 5.91 Å². The van der Waals surface area contributed by atoms with E-state index in [2.05, 4.69) is 52.9 Å². The minimum absolute atomic E-state index is 0.180. The molecule has 4 nitrogen and oxygen atoms in total. The molecule has 0 spiro atoms. The fourth-order valence-corrected chi connectivity index (χ4v) is 3.73. The molecule has 5 heteroatoms. The molecule has 1 atom stereocenters. The first kappa shape index (κ1) is 18.8. The first-order valence-corrected chi connectivity index (χ1v) is 10.3. The van der Waals surface area contributed by atoms with Crippen LogP contribution in [0, 0.1) is 0 Å². The summed E-state index contributed by atoms with van der Waals surface area (Å²) in [5, 5.41) is 3.35. The smallest absolute Gasteiger partial charge is 0.244 e. The molecule has 1 N–H and O–H groups in total. The molecule has 26 heavy (non-hydrogen) atoms. The summed E-state index contributed by atoms with van der Waals surface area (Å²) in [7, 11) is 0. The molecule has 3 rings (SSSR count). The Balaban J connectivity index is 1.49. The van der Waals surface area contributed by atoms with Gasteiger partial charge in [-0.05, 0) is 36.9 Å². The van der Waals surface area contributed by atoms with Crippen molar-refractivity contribution in [1.82, 2.24) is 9.80 Å². The maximum Gasteiger partial charge on any atom is 0.244 e. The van der Waals surface area contributed by atoms with Crippen LogP contribution in [0.4, 0.5) is 5.69 Å². The lowest BCUT2D eigenvalue weighted by Crippen LogP contribution is -2.51. The lowest BCUT2D eigenvalue weighted by molar-refractivity contribution is -0.133. The van der Waals surface area contributed by atoms with E-state index in [9.17, 15) is 4.79 Å². The third kappa shape index (κ3) is 5.02. The van der Waals surface area contributed by atoms with Crippen LogP contribution in [0.5, 0.6) is 0 Å². The normalized spacial score (nSPS) is 16.3. The zero-order valence-corrected chi connectivity index (χ0v) is 16.3. The van der Waals surface area contributed by atoms with E-state index in [0.29, 0.717) is 0 Å². The third-order valence-corrected chi connectivity index (χ3v) is 5.48. The van der Waals surface area contributed by atoms with E-state index in [-0.39, 0.29) is 11.9 Å². The molecule has 1 fully saturated rings. The van der Waals surface area contributed by atoms with Crippen molar-refractivity contribution < 1.29 is 4.79 Å². The lowest BCUT2D eigenvalue weighted by atomic mass is 10.2. The van der Waals surface area contributed by atoms with Gasteiger partial charge in [-0.1, -0.05) is 36.4 Å². The molecular formula is C21H27N3OS. The SMILES string of the molecule is CSc1cccc(N[C@H](C)C(=O)N2CCN(Cc3ccccc3)CC2)c1. The minimum atomic E-state index is -0.215. The van der Waals surface area contributed by atoms with Gasteiger partial charge in [-0.3, -0.25) is 9.69 Å². The summed E-state index contributed by atoms with van der Waals surface area (Å²) in [6.07, 6.45) is 2.06. The molecule has 1 aliphatic rings. The van der Waals surface area contributed by atoms with E-state index in [1.54, 1.807) is 11.8 Å². The summed E-state index contributed by atoms with van der Waals surface area (Å²) < 4.78 is 0. The van der Waals surface area contributed by atoms with Crippen LogP contribution < -0.4 is 5.32 Å². The van der Waals surface area contributed by atoms with Crippen LogP contribution in [0.15, 0.2) is 59.5 Å². The first-order chi connectivity index (χ1) is 12.7. The van der Waals surface area contributed by atoms with Gasteiger partial charge in [0.1, 0.15) is 6.04 Å². The zero-order chi connectivity index (χ0) is 18.4. The number of carbonyl (C=O) groups excluding carboxylic acids is 1. The number of rotatable bonds is 6. The molecule has 1 amide bonds. The highest BCUT2D eigenvalue weighted by molar-refractivity contribution is 7.98. The van der Waals surface area contributed by atoms with Crippen LogP contribution >= 0.6 is 11.8 Å². The van der Waals surface area contributed by atoms with Crippen molar-refractivity contribution >= 4 is 23.4 Å². The van der Waals surface area contributed by atoms with Gasteiger partial charge < -0.3 is 10.2 Å². The van der Waals surface area contributed by atoms with E-state index >= 15 is 0 Å². The topological polar surface area (TPSA) is 35.6 Å². The van der Waals surface area contributed by atoms with Crippen LogP contribution in [-0.4, -0.2) is 54.2 Å². The van der Waals surface area contributed by atoms with Gasteiger partial charge in [0.05, 0.1) is 0 Å². The molecule has 138 valence electrons. The third-order valence-electron chi connectivity index (χ3n) is 4.76. The molecule has 0 radical (unpaired) electrons. The summed E-state index contributed by atoms with van der Waals surface area (Å²) >= 11 is 1.71. The number of carbonyl (C=O) groups is 1. The molecule has 1 heterocycles. The molecule has 0 aliphatic carbocycles. The fraction of sp³-hybridized carbons (Fsp3) is 0.381. The molecular weight excluding hydrogens is 342 g/mol. The predicted molar refractivity (Wildman–Crippen MR) is 110 cm³/mol. The molecule has 0 saturated carbocycles. The number of nitrogens with zero attached hydrogens (tertiary/aromatic N) is 2. The number of anilines is 1. The summed E-state index contributed by atoms with van der Waals surface area (Å²) in [6, 6.07) is 18.5. The Morgan fingerprint density at radius 1 is 1.08 bits per heavy atom. The minimum Gasteiger partial charge on any atom is -0.374 e. The highest BCUT2D eigenvalue weighted by atomic mass is 32.2. The van der Waals surface area contributed by atoms with Crippen LogP contribution in [0.3, 0.4) is 0 Å². The molecule has 1 saturated heterocycles. The number of nitrogens with one attached hydrogen (secondary N) is 1. The molecule has 2 aromatic carbocycles. The van der Waals surface area contributed by atoms with Gasteiger partial charge in [0.15, 0.2) is 0 Å². The Hall–Kier alpha value is -1.98. The van der Waals surface area contributed by atoms with Crippen molar-refractivity contribution in [3.8, 4) is 0 Å². The first-order valence-electron chi connectivity index (χ1n) is 9.11. The summed E-state index contributed by atoms with van der Waals surface area (Å²) in [5.41, 5.74) is 2.33. The number of hydrogen-bond acceptors (Lipinski definition) is 4. The van der Waals surface area contributed by atoms with Crippen molar-refractivity contribution in [1.29, 1.82) is 0 Å². The average molecular weight is 370 g/mol. The van der Waals surface area contributed by atoms with Crippen LogP contribution in [-0.2, 0) is 11.3 Å². The maximum absolute atomic E-state index is 12.8. The standard InChI is InChI=1S/C21H27N3OS/c1-17(22-19-9-6-10-20(15-19)26-2)21(25)24-13-11-23(12-14-24)16-18-7-4-3-5-8-18/h3-10,15,17,22H,11-14,16H2,1-2H3/t17-/m1/s1. The van der Waals surface area contributed by atoms with Gasteiger partial charge in [0, 0.05) is 43.3 Å². The van der Waals surface area contributed by atoms with Gasteiger partial charge in [0.25, 0.3) is 0 Å². The Bertz CT molecular complexity index is 714. The van der Waals surface area contributed by atoms with Crippen molar-refractivity contribution in [3.05, 3.63) is 60.2 Å². The number of benzene rings is 2. The Morgan fingerprint density at radius 3 is 2.50 bits per heavy atom. The second kappa shape index (κ2) is 9.10. The van der Waals surface area contributed by atoms with E-state index < -0.39 is 0 Å². The van der Waals surface area contributed by atoms with Crippen LogP contribution in [0.1, 0.15) is 12.5 Å². The predicted octanol–water partition coefficient (Wildman–Crippen LogP) is 3.55. The van der Waals surface area contributed by atoms with Gasteiger partial charge in [-0.25, -0.2) is 0 Å². The molecule has 1 aliphatic heterocycles. The van der Waals surface area contributed by atoms with Gasteiger partial charge in [-0.15, -0.1) is 11.8 Å². The van der Waals surface area contributed by atoms with Crippen LogP contribution in [0.25, 0.3) is 0 Å². The van der Waals surface area contributed by atoms with Crippen molar-refractivity contribution in [2.45, 2.75) is 24.4 Å². The quantitative estimate of drug-likeness (QED) is 0.790. The molecule has 0 bridgehead atoms. The monoisotopic (exact) mass is 369 g/mol. The van der Waals surface area contributed by atoms with Crippen molar-refractivity contribution in [3.63, 3.8) is 0 Å². The van der Waals surface area contributed by atoms with E-state index in [1.165, 1.54) is 10.5 Å². The highest BCUT2D eigenvalue weighted by Gasteiger charge is 2.24. The Morgan fingerprint density at radius 2 is 1.81 bits per heavy atom. The maximum atomic E-state index is 12.8. The highest BCUT2D eigenvalue weighted by Crippen LogP contribution is 2.20. The number of piperazine rings is 1. The number of amides is 1. The Labute approximate surface area is 160 Å². The van der Waals surface area contributed by atoms with Crippen molar-refractivity contribution in [2.75, 3.05) is 37.8 Å². The van der Waals surface area contributed by atoms with E-state index in [1.807, 2.05) is 30.0 Å². The number of thioether (sulfide) groups is 1. The van der Waals surface area contributed by atoms with Gasteiger partial charge in [-0.2, -0.15) is 0 Å². The largest absolute Gasteiger partial charge is 0.374 e. The summed E-state index contributed by atoms with van der Waals surface area (Å²) in [6.45, 7) is 6.35.